The van der Waals surface area contributed by atoms with Gasteiger partial charge in [-0.1, -0.05) is 11.6 Å². The van der Waals surface area contributed by atoms with Crippen molar-refractivity contribution in [3.8, 4) is 0 Å². The van der Waals surface area contributed by atoms with Crippen LogP contribution in [0.1, 0.15) is 22.3 Å². The van der Waals surface area contributed by atoms with Gasteiger partial charge in [-0.25, -0.2) is 8.42 Å². The number of amides is 1. The van der Waals surface area contributed by atoms with Gasteiger partial charge in [0.15, 0.2) is 0 Å². The minimum Gasteiger partial charge on any atom is -0.380 e. The third-order valence-corrected chi connectivity index (χ3v) is 5.46. The minimum atomic E-state index is -4.01. The normalized spacial score (nSPS) is 19.0. The van der Waals surface area contributed by atoms with Crippen molar-refractivity contribution in [3.63, 3.8) is 0 Å². The number of hydrogen-bond donors (Lipinski definition) is 0. The van der Waals surface area contributed by atoms with Gasteiger partial charge in [0.2, 0.25) is 0 Å². The highest BCUT2D eigenvalue weighted by molar-refractivity contribution is 8.13. The first kappa shape index (κ1) is 16.5. The van der Waals surface area contributed by atoms with E-state index in [1.165, 1.54) is 6.07 Å². The van der Waals surface area contributed by atoms with Crippen LogP contribution in [-0.4, -0.2) is 45.5 Å². The molecule has 1 atom stereocenters. The van der Waals surface area contributed by atoms with Gasteiger partial charge in [-0.05, 0) is 31.0 Å². The number of hydrogen-bond acceptors (Lipinski definition) is 4. The second kappa shape index (κ2) is 6.12. The van der Waals surface area contributed by atoms with E-state index in [9.17, 15) is 13.2 Å². The van der Waals surface area contributed by atoms with Gasteiger partial charge in [0.05, 0.1) is 11.1 Å². The first-order valence-electron chi connectivity index (χ1n) is 6.31. The number of methoxy groups -OCH3 is 1. The second-order valence-corrected chi connectivity index (χ2v) is 7.85. The number of carbonyl (C=O) groups excluding carboxylic acids is 1. The van der Waals surface area contributed by atoms with Crippen molar-refractivity contribution < 1.29 is 17.9 Å². The zero-order valence-electron chi connectivity index (χ0n) is 11.6. The molecular weight excluding hydrogens is 337 g/mol. The average molecular weight is 352 g/mol. The lowest BCUT2D eigenvalue weighted by Crippen LogP contribution is -2.30. The molecule has 1 fully saturated rings. The maximum atomic E-state index is 12.4. The van der Waals surface area contributed by atoms with Crippen LogP contribution in [0.15, 0.2) is 17.0 Å². The van der Waals surface area contributed by atoms with Crippen molar-refractivity contribution >= 4 is 37.2 Å². The zero-order valence-corrected chi connectivity index (χ0v) is 13.9. The van der Waals surface area contributed by atoms with Crippen LogP contribution in [0.3, 0.4) is 0 Å². The molecular formula is C13H15Cl2NO4S. The molecule has 0 bridgehead atoms. The highest BCUT2D eigenvalue weighted by atomic mass is 35.7. The topological polar surface area (TPSA) is 63.7 Å². The maximum Gasteiger partial charge on any atom is 0.262 e. The molecule has 1 saturated heterocycles. The largest absolute Gasteiger partial charge is 0.380 e. The molecule has 1 amide bonds. The fraction of sp³-hybridized carbons (Fsp3) is 0.462. The predicted molar refractivity (Wildman–Crippen MR) is 80.5 cm³/mol. The summed E-state index contributed by atoms with van der Waals surface area (Å²) in [6, 6.07) is 2.79. The van der Waals surface area contributed by atoms with Crippen LogP contribution in [0.5, 0.6) is 0 Å². The summed E-state index contributed by atoms with van der Waals surface area (Å²) in [7, 11) is 2.95. The second-order valence-electron chi connectivity index (χ2n) is 4.94. The van der Waals surface area contributed by atoms with Gasteiger partial charge in [0.1, 0.15) is 4.90 Å². The fourth-order valence-corrected chi connectivity index (χ4v) is 3.87. The lowest BCUT2D eigenvalue weighted by atomic mass is 10.1. The molecule has 1 aliphatic heterocycles. The molecule has 0 aliphatic carbocycles. The molecule has 0 saturated carbocycles. The van der Waals surface area contributed by atoms with E-state index in [1.807, 2.05) is 0 Å². The third-order valence-electron chi connectivity index (χ3n) is 3.50. The Hall–Kier alpha value is -0.820. The summed E-state index contributed by atoms with van der Waals surface area (Å²) in [5.41, 5.74) is 0.747. The summed E-state index contributed by atoms with van der Waals surface area (Å²) < 4.78 is 28.3. The van der Waals surface area contributed by atoms with Gasteiger partial charge < -0.3 is 9.64 Å². The van der Waals surface area contributed by atoms with Crippen LogP contribution in [-0.2, 0) is 13.8 Å². The van der Waals surface area contributed by atoms with Crippen molar-refractivity contribution in [3.05, 3.63) is 28.3 Å². The number of aryl methyl sites for hydroxylation is 1. The van der Waals surface area contributed by atoms with Crippen molar-refractivity contribution in [1.29, 1.82) is 0 Å². The van der Waals surface area contributed by atoms with Gasteiger partial charge >= 0.3 is 0 Å². The Balaban J connectivity index is 2.37. The number of rotatable bonds is 3. The lowest BCUT2D eigenvalue weighted by Gasteiger charge is -2.17. The third kappa shape index (κ3) is 3.51. The standard InChI is InChI=1S/C13H15Cl2NO4S/c1-8-5-9(6-11(12(8)14)21(15,18)19)13(17)16-4-3-10(7-16)20-2/h5-6,10H,3-4,7H2,1-2H3. The summed E-state index contributed by atoms with van der Waals surface area (Å²) in [6.45, 7) is 2.69. The molecule has 21 heavy (non-hydrogen) atoms. The quantitative estimate of drug-likeness (QED) is 0.784. The van der Waals surface area contributed by atoms with Crippen LogP contribution in [0.2, 0.25) is 5.02 Å². The van der Waals surface area contributed by atoms with E-state index in [0.29, 0.717) is 18.7 Å². The van der Waals surface area contributed by atoms with Crippen molar-refractivity contribution in [1.82, 2.24) is 4.90 Å². The molecule has 1 aromatic carbocycles. The number of ether oxygens (including phenoxy) is 1. The van der Waals surface area contributed by atoms with Crippen LogP contribution >= 0.6 is 22.3 Å². The number of halogens is 2. The molecule has 0 radical (unpaired) electrons. The van der Waals surface area contributed by atoms with E-state index in [2.05, 4.69) is 0 Å². The first-order chi connectivity index (χ1) is 9.74. The maximum absolute atomic E-state index is 12.4. The minimum absolute atomic E-state index is 0.0126. The van der Waals surface area contributed by atoms with Crippen LogP contribution in [0, 0.1) is 6.92 Å². The van der Waals surface area contributed by atoms with Crippen LogP contribution in [0.4, 0.5) is 0 Å². The molecule has 2 rings (SSSR count). The van der Waals surface area contributed by atoms with E-state index in [0.717, 1.165) is 6.42 Å². The van der Waals surface area contributed by atoms with E-state index in [1.54, 1.807) is 25.0 Å². The summed E-state index contributed by atoms with van der Waals surface area (Å²) in [5, 5.41) is 0.0396. The monoisotopic (exact) mass is 351 g/mol. The van der Waals surface area contributed by atoms with E-state index in [-0.39, 0.29) is 27.5 Å². The van der Waals surface area contributed by atoms with E-state index in [4.69, 9.17) is 27.0 Å². The highest BCUT2D eigenvalue weighted by Crippen LogP contribution is 2.30. The molecule has 1 unspecified atom stereocenters. The Morgan fingerprint density at radius 1 is 1.43 bits per heavy atom. The summed E-state index contributed by atoms with van der Waals surface area (Å²) in [6.07, 6.45) is 0.772. The zero-order chi connectivity index (χ0) is 15.8. The van der Waals surface area contributed by atoms with Crippen molar-refractivity contribution in [2.24, 2.45) is 0 Å². The number of likely N-dealkylation sites (tertiary alicyclic amines) is 1. The highest BCUT2D eigenvalue weighted by Gasteiger charge is 2.28. The van der Waals surface area contributed by atoms with Crippen molar-refractivity contribution in [2.75, 3.05) is 20.2 Å². The number of carbonyl (C=O) groups is 1. The molecule has 5 nitrogen and oxygen atoms in total. The molecule has 0 spiro atoms. The summed E-state index contributed by atoms with van der Waals surface area (Å²) in [4.78, 5) is 13.8. The Morgan fingerprint density at radius 3 is 2.62 bits per heavy atom. The van der Waals surface area contributed by atoms with Crippen molar-refractivity contribution in [2.45, 2.75) is 24.3 Å². The van der Waals surface area contributed by atoms with Crippen LogP contribution in [0.25, 0.3) is 0 Å². The SMILES string of the molecule is COC1CCN(C(=O)c2cc(C)c(Cl)c(S(=O)(=O)Cl)c2)C1. The lowest BCUT2D eigenvalue weighted by molar-refractivity contribution is 0.0724. The summed E-state index contributed by atoms with van der Waals surface area (Å²) >= 11 is 5.95. The average Bonchev–Trinajstić information content (AvgIpc) is 2.88. The van der Waals surface area contributed by atoms with Gasteiger partial charge in [0.25, 0.3) is 15.0 Å². The van der Waals surface area contributed by atoms with Gasteiger partial charge in [-0.15, -0.1) is 0 Å². The molecule has 1 aliphatic rings. The predicted octanol–water partition coefficient (Wildman–Crippen LogP) is 2.44. The van der Waals surface area contributed by atoms with Gasteiger partial charge in [0, 0.05) is 36.4 Å². The molecule has 0 aromatic heterocycles. The Kier molecular flexibility index (Phi) is 4.82. The number of nitrogens with zero attached hydrogens (tertiary/aromatic N) is 1. The van der Waals surface area contributed by atoms with Crippen LogP contribution < -0.4 is 0 Å². The molecule has 8 heteroatoms. The fourth-order valence-electron chi connectivity index (χ4n) is 2.33. The van der Waals surface area contributed by atoms with Gasteiger partial charge in [-0.3, -0.25) is 4.79 Å². The number of benzene rings is 1. The molecule has 1 heterocycles. The first-order valence-corrected chi connectivity index (χ1v) is 8.99. The Labute approximate surface area is 133 Å². The van der Waals surface area contributed by atoms with E-state index < -0.39 is 9.05 Å². The smallest absolute Gasteiger partial charge is 0.262 e. The Bertz CT molecular complexity index is 675. The molecule has 1 aromatic rings. The Morgan fingerprint density at radius 2 is 2.10 bits per heavy atom. The summed E-state index contributed by atoms with van der Waals surface area (Å²) in [5.74, 6) is -0.254. The molecule has 116 valence electrons. The van der Waals surface area contributed by atoms with E-state index >= 15 is 0 Å². The van der Waals surface area contributed by atoms with Gasteiger partial charge in [-0.2, -0.15) is 0 Å². The molecule has 0 N–H and O–H groups in total.